The second-order valence-electron chi connectivity index (χ2n) is 2.67. The van der Waals surface area contributed by atoms with E-state index < -0.39 is 10.0 Å². The Morgan fingerprint density at radius 3 is 2.43 bits per heavy atom. The molecule has 0 radical (unpaired) electrons. The second kappa shape index (κ2) is 4.88. The highest BCUT2D eigenvalue weighted by atomic mass is 32.2. The Morgan fingerprint density at radius 1 is 1.21 bits per heavy atom. The first kappa shape index (κ1) is 10.9. The van der Waals surface area contributed by atoms with E-state index in [0.29, 0.717) is 6.29 Å². The van der Waals surface area contributed by atoms with Gasteiger partial charge in [-0.25, -0.2) is 13.1 Å². The van der Waals surface area contributed by atoms with Crippen LogP contribution in [0.5, 0.6) is 0 Å². The molecule has 0 fully saturated rings. The van der Waals surface area contributed by atoms with Crippen LogP contribution in [-0.4, -0.2) is 21.2 Å². The largest absolute Gasteiger partial charge is 0.303 e. The summed E-state index contributed by atoms with van der Waals surface area (Å²) in [4.78, 5) is 10.2. The highest BCUT2D eigenvalue weighted by molar-refractivity contribution is 7.89. The molecule has 5 heteroatoms. The lowest BCUT2D eigenvalue weighted by molar-refractivity contribution is -0.107. The van der Waals surface area contributed by atoms with Crippen molar-refractivity contribution in [3.05, 3.63) is 30.3 Å². The maximum atomic E-state index is 11.5. The SMILES string of the molecule is O=CCCNS(=O)(=O)c1ccccc1. The van der Waals surface area contributed by atoms with E-state index in [4.69, 9.17) is 0 Å². The van der Waals surface area contributed by atoms with Gasteiger partial charge in [0.15, 0.2) is 0 Å². The van der Waals surface area contributed by atoms with Crippen LogP contribution in [0.4, 0.5) is 0 Å². The van der Waals surface area contributed by atoms with Gasteiger partial charge in [0.2, 0.25) is 10.0 Å². The van der Waals surface area contributed by atoms with Gasteiger partial charge >= 0.3 is 0 Å². The van der Waals surface area contributed by atoms with Gasteiger partial charge in [-0.3, -0.25) is 0 Å². The number of carbonyl (C=O) groups is 1. The molecule has 0 unspecified atom stereocenters. The van der Waals surface area contributed by atoms with E-state index in [1.54, 1.807) is 18.2 Å². The molecule has 1 aromatic rings. The number of benzene rings is 1. The Kier molecular flexibility index (Phi) is 3.79. The molecular weight excluding hydrogens is 202 g/mol. The summed E-state index contributed by atoms with van der Waals surface area (Å²) in [6.45, 7) is 0.140. The minimum absolute atomic E-state index is 0.140. The molecule has 1 N–H and O–H groups in total. The Morgan fingerprint density at radius 2 is 1.86 bits per heavy atom. The molecule has 0 amide bonds. The molecule has 4 nitrogen and oxygen atoms in total. The molecule has 0 aliphatic heterocycles. The van der Waals surface area contributed by atoms with Gasteiger partial charge in [-0.2, -0.15) is 0 Å². The van der Waals surface area contributed by atoms with Crippen molar-refractivity contribution >= 4 is 16.3 Å². The standard InChI is InChI=1S/C9H11NO3S/c11-8-4-7-10-14(12,13)9-5-2-1-3-6-9/h1-3,5-6,8,10H,4,7H2. The van der Waals surface area contributed by atoms with E-state index in [1.165, 1.54) is 12.1 Å². The summed E-state index contributed by atoms with van der Waals surface area (Å²) < 4.78 is 25.3. The number of carbonyl (C=O) groups excluding carboxylic acids is 1. The number of sulfonamides is 1. The molecule has 0 aliphatic carbocycles. The van der Waals surface area contributed by atoms with Gasteiger partial charge in [-0.15, -0.1) is 0 Å². The minimum Gasteiger partial charge on any atom is -0.303 e. The van der Waals surface area contributed by atoms with E-state index in [9.17, 15) is 13.2 Å². The van der Waals surface area contributed by atoms with Crippen LogP contribution in [0.2, 0.25) is 0 Å². The lowest BCUT2D eigenvalue weighted by Gasteiger charge is -2.03. The summed E-state index contributed by atoms with van der Waals surface area (Å²) in [5, 5.41) is 0. The lowest BCUT2D eigenvalue weighted by atomic mass is 10.4. The highest BCUT2D eigenvalue weighted by Gasteiger charge is 2.11. The fourth-order valence-electron chi connectivity index (χ4n) is 0.935. The predicted octanol–water partition coefficient (Wildman–Crippen LogP) is 0.554. The number of aldehydes is 1. The van der Waals surface area contributed by atoms with Crippen molar-refractivity contribution < 1.29 is 13.2 Å². The Hall–Kier alpha value is -1.20. The van der Waals surface area contributed by atoms with Crippen molar-refractivity contribution in [1.29, 1.82) is 0 Å². The number of hydrogen-bond donors (Lipinski definition) is 1. The van der Waals surface area contributed by atoms with Crippen molar-refractivity contribution in [3.63, 3.8) is 0 Å². The van der Waals surface area contributed by atoms with E-state index in [1.807, 2.05) is 0 Å². The molecule has 0 spiro atoms. The molecule has 0 bridgehead atoms. The smallest absolute Gasteiger partial charge is 0.240 e. The van der Waals surface area contributed by atoms with Crippen molar-refractivity contribution in [2.75, 3.05) is 6.54 Å². The zero-order valence-corrected chi connectivity index (χ0v) is 8.33. The lowest BCUT2D eigenvalue weighted by Crippen LogP contribution is -2.24. The van der Waals surface area contributed by atoms with Gasteiger partial charge in [0.1, 0.15) is 6.29 Å². The monoisotopic (exact) mass is 213 g/mol. The Labute approximate surface area is 83.0 Å². The third-order valence-electron chi connectivity index (χ3n) is 1.61. The molecule has 14 heavy (non-hydrogen) atoms. The third kappa shape index (κ3) is 2.93. The van der Waals surface area contributed by atoms with E-state index in [0.717, 1.165) is 0 Å². The van der Waals surface area contributed by atoms with E-state index in [-0.39, 0.29) is 17.9 Å². The predicted molar refractivity (Wildman–Crippen MR) is 52.3 cm³/mol. The fraction of sp³-hybridized carbons (Fsp3) is 0.222. The summed E-state index contributed by atoms with van der Waals surface area (Å²) in [6, 6.07) is 8.04. The Bertz CT molecular complexity index is 386. The molecule has 0 saturated carbocycles. The van der Waals surface area contributed by atoms with Gasteiger partial charge in [-0.1, -0.05) is 18.2 Å². The fourth-order valence-corrected chi connectivity index (χ4v) is 2.00. The quantitative estimate of drug-likeness (QED) is 0.574. The molecule has 1 aromatic carbocycles. The normalized spacial score (nSPS) is 11.1. The van der Waals surface area contributed by atoms with Gasteiger partial charge < -0.3 is 4.79 Å². The summed E-state index contributed by atoms with van der Waals surface area (Å²) in [5.74, 6) is 0. The van der Waals surface area contributed by atoms with E-state index >= 15 is 0 Å². The Balaban J connectivity index is 2.72. The van der Waals surface area contributed by atoms with Crippen LogP contribution in [0.15, 0.2) is 35.2 Å². The van der Waals surface area contributed by atoms with Crippen LogP contribution in [0.25, 0.3) is 0 Å². The first-order chi connectivity index (χ1) is 6.67. The zero-order chi connectivity index (χ0) is 10.4. The van der Waals surface area contributed by atoms with Crippen LogP contribution in [0.3, 0.4) is 0 Å². The first-order valence-corrected chi connectivity index (χ1v) is 5.63. The molecule has 76 valence electrons. The number of rotatable bonds is 5. The van der Waals surface area contributed by atoms with Gasteiger partial charge in [-0.05, 0) is 12.1 Å². The maximum Gasteiger partial charge on any atom is 0.240 e. The topological polar surface area (TPSA) is 63.2 Å². The second-order valence-corrected chi connectivity index (χ2v) is 4.43. The van der Waals surface area contributed by atoms with Crippen molar-refractivity contribution in [1.82, 2.24) is 4.72 Å². The summed E-state index contributed by atoms with van der Waals surface area (Å²) in [5.41, 5.74) is 0. The third-order valence-corrected chi connectivity index (χ3v) is 3.08. The van der Waals surface area contributed by atoms with Crippen LogP contribution < -0.4 is 4.72 Å². The zero-order valence-electron chi connectivity index (χ0n) is 7.51. The average Bonchev–Trinajstić information content (AvgIpc) is 2.19. The van der Waals surface area contributed by atoms with Crippen molar-refractivity contribution in [2.24, 2.45) is 0 Å². The summed E-state index contributed by atoms with van der Waals surface area (Å²) in [6.07, 6.45) is 0.861. The van der Waals surface area contributed by atoms with E-state index in [2.05, 4.69) is 4.72 Å². The van der Waals surface area contributed by atoms with Crippen molar-refractivity contribution in [3.8, 4) is 0 Å². The van der Waals surface area contributed by atoms with Gasteiger partial charge in [0, 0.05) is 13.0 Å². The van der Waals surface area contributed by atoms with Crippen LogP contribution in [0, 0.1) is 0 Å². The molecule has 0 saturated heterocycles. The summed E-state index contributed by atoms with van der Waals surface area (Å²) in [7, 11) is -3.44. The molecular formula is C9H11NO3S. The van der Waals surface area contributed by atoms with Gasteiger partial charge in [0.25, 0.3) is 0 Å². The molecule has 0 aliphatic rings. The maximum absolute atomic E-state index is 11.5. The first-order valence-electron chi connectivity index (χ1n) is 4.15. The van der Waals surface area contributed by atoms with Crippen LogP contribution >= 0.6 is 0 Å². The highest BCUT2D eigenvalue weighted by Crippen LogP contribution is 2.06. The summed E-state index contributed by atoms with van der Waals surface area (Å²) >= 11 is 0. The molecule has 0 heterocycles. The average molecular weight is 213 g/mol. The minimum atomic E-state index is -3.44. The van der Waals surface area contributed by atoms with Crippen LogP contribution in [-0.2, 0) is 14.8 Å². The molecule has 0 aromatic heterocycles. The number of nitrogens with one attached hydrogen (secondary N) is 1. The molecule has 0 atom stereocenters. The van der Waals surface area contributed by atoms with Crippen LogP contribution in [0.1, 0.15) is 6.42 Å². The number of hydrogen-bond acceptors (Lipinski definition) is 3. The van der Waals surface area contributed by atoms with Gasteiger partial charge in [0.05, 0.1) is 4.90 Å². The molecule has 1 rings (SSSR count). The van der Waals surface area contributed by atoms with Crippen molar-refractivity contribution in [2.45, 2.75) is 11.3 Å².